The molecule has 1 aromatic rings. The molecule has 0 fully saturated rings. The topological polar surface area (TPSA) is 88.8 Å². The molecule has 0 spiro atoms. The SMILES string of the molecule is CC(C)[C@@H]([NH2+][C@H](C)C(=O)NC(N)=O)c1ccccc1. The summed E-state index contributed by atoms with van der Waals surface area (Å²) >= 11 is 0. The summed E-state index contributed by atoms with van der Waals surface area (Å²) in [7, 11) is 0. The number of urea groups is 1. The van der Waals surface area contributed by atoms with E-state index in [1.165, 1.54) is 0 Å². The van der Waals surface area contributed by atoms with Crippen LogP contribution in [0.3, 0.4) is 0 Å². The molecule has 0 aromatic heterocycles. The second kappa shape index (κ2) is 6.89. The molecule has 0 aliphatic heterocycles. The van der Waals surface area contributed by atoms with E-state index in [1.807, 2.05) is 35.6 Å². The predicted molar refractivity (Wildman–Crippen MR) is 73.1 cm³/mol. The minimum absolute atomic E-state index is 0.162. The van der Waals surface area contributed by atoms with E-state index in [2.05, 4.69) is 19.2 Å². The maximum Gasteiger partial charge on any atom is 0.319 e. The van der Waals surface area contributed by atoms with E-state index in [1.54, 1.807) is 6.92 Å². The third-order valence-electron chi connectivity index (χ3n) is 3.06. The number of amides is 3. The van der Waals surface area contributed by atoms with Crippen molar-refractivity contribution in [1.29, 1.82) is 0 Å². The van der Waals surface area contributed by atoms with Gasteiger partial charge < -0.3 is 11.1 Å². The fraction of sp³-hybridized carbons (Fsp3) is 0.429. The number of imide groups is 1. The number of carbonyl (C=O) groups excluding carboxylic acids is 2. The van der Waals surface area contributed by atoms with E-state index in [-0.39, 0.29) is 18.0 Å². The van der Waals surface area contributed by atoms with Crippen molar-refractivity contribution in [3.8, 4) is 0 Å². The lowest BCUT2D eigenvalue weighted by molar-refractivity contribution is -0.719. The summed E-state index contributed by atoms with van der Waals surface area (Å²) in [5, 5.41) is 4.06. The van der Waals surface area contributed by atoms with E-state index in [0.717, 1.165) is 5.56 Å². The first-order valence-electron chi connectivity index (χ1n) is 6.42. The number of benzene rings is 1. The highest BCUT2D eigenvalue weighted by Crippen LogP contribution is 2.17. The minimum atomic E-state index is -0.814. The van der Waals surface area contributed by atoms with Gasteiger partial charge in [0.25, 0.3) is 5.91 Å². The van der Waals surface area contributed by atoms with E-state index in [4.69, 9.17) is 5.73 Å². The Morgan fingerprint density at radius 3 is 2.21 bits per heavy atom. The number of quaternary nitrogens is 1. The van der Waals surface area contributed by atoms with Crippen LogP contribution >= 0.6 is 0 Å². The van der Waals surface area contributed by atoms with Crippen molar-refractivity contribution in [3.05, 3.63) is 35.9 Å². The normalized spacial score (nSPS) is 13.9. The maximum atomic E-state index is 11.7. The molecule has 5 nitrogen and oxygen atoms in total. The van der Waals surface area contributed by atoms with Crippen LogP contribution < -0.4 is 16.4 Å². The molecular weight excluding hydrogens is 242 g/mol. The van der Waals surface area contributed by atoms with Crippen LogP contribution in [0, 0.1) is 5.92 Å². The van der Waals surface area contributed by atoms with Crippen molar-refractivity contribution in [2.45, 2.75) is 32.9 Å². The first kappa shape index (κ1) is 15.2. The summed E-state index contributed by atoms with van der Waals surface area (Å²) < 4.78 is 0. The maximum absolute atomic E-state index is 11.7. The molecule has 104 valence electrons. The molecule has 19 heavy (non-hydrogen) atoms. The van der Waals surface area contributed by atoms with Crippen molar-refractivity contribution in [2.75, 3.05) is 0 Å². The van der Waals surface area contributed by atoms with Gasteiger partial charge in [0, 0.05) is 11.5 Å². The highest BCUT2D eigenvalue weighted by Gasteiger charge is 2.26. The Morgan fingerprint density at radius 2 is 1.74 bits per heavy atom. The van der Waals surface area contributed by atoms with Crippen molar-refractivity contribution < 1.29 is 14.9 Å². The van der Waals surface area contributed by atoms with Crippen molar-refractivity contribution in [2.24, 2.45) is 11.7 Å². The highest BCUT2D eigenvalue weighted by atomic mass is 16.2. The summed E-state index contributed by atoms with van der Waals surface area (Å²) in [5.41, 5.74) is 6.11. The summed E-state index contributed by atoms with van der Waals surface area (Å²) in [6, 6.07) is 8.98. The predicted octanol–water partition coefficient (Wildman–Crippen LogP) is 0.531. The standard InChI is InChI=1S/C14H21N3O2/c1-9(2)12(11-7-5-4-6-8-11)16-10(3)13(18)17-14(15)19/h4-10,12,16H,1-3H3,(H3,15,17,18,19)/p+1/t10-,12-/m1/s1. The van der Waals surface area contributed by atoms with Gasteiger partial charge in [-0.25, -0.2) is 4.79 Å². The van der Waals surface area contributed by atoms with Crippen LogP contribution in [0.4, 0.5) is 4.79 Å². The molecule has 3 amide bonds. The number of hydrogen-bond donors (Lipinski definition) is 3. The average molecular weight is 264 g/mol. The molecule has 1 aromatic carbocycles. The Kier molecular flexibility index (Phi) is 5.51. The fourth-order valence-electron chi connectivity index (χ4n) is 2.03. The molecule has 5 heteroatoms. The lowest BCUT2D eigenvalue weighted by Gasteiger charge is -2.22. The molecule has 0 bridgehead atoms. The lowest BCUT2D eigenvalue weighted by atomic mass is 9.95. The molecule has 5 N–H and O–H groups in total. The average Bonchev–Trinajstić information content (AvgIpc) is 2.35. The summed E-state index contributed by atoms with van der Waals surface area (Å²) in [6.07, 6.45) is 0. The number of nitrogens with one attached hydrogen (secondary N) is 1. The molecule has 1 rings (SSSR count). The molecule has 0 heterocycles. The zero-order valence-corrected chi connectivity index (χ0v) is 11.6. The Morgan fingerprint density at radius 1 is 1.16 bits per heavy atom. The second-order valence-corrected chi connectivity index (χ2v) is 5.02. The zero-order valence-electron chi connectivity index (χ0n) is 11.6. The number of carbonyl (C=O) groups is 2. The Balaban J connectivity index is 2.75. The van der Waals surface area contributed by atoms with Crippen LogP contribution in [0.25, 0.3) is 0 Å². The van der Waals surface area contributed by atoms with Crippen LogP contribution in [0.1, 0.15) is 32.4 Å². The molecule has 0 aliphatic rings. The van der Waals surface area contributed by atoms with Crippen molar-refractivity contribution >= 4 is 11.9 Å². The zero-order chi connectivity index (χ0) is 14.4. The minimum Gasteiger partial charge on any atom is -0.351 e. The van der Waals surface area contributed by atoms with Crippen LogP contribution in [0.5, 0.6) is 0 Å². The number of primary amides is 1. The van der Waals surface area contributed by atoms with Gasteiger partial charge in [-0.2, -0.15) is 0 Å². The first-order chi connectivity index (χ1) is 8.91. The number of rotatable bonds is 5. The van der Waals surface area contributed by atoms with Crippen LogP contribution in [-0.2, 0) is 4.79 Å². The summed E-state index contributed by atoms with van der Waals surface area (Å²) in [6.45, 7) is 5.97. The van der Waals surface area contributed by atoms with E-state index >= 15 is 0 Å². The van der Waals surface area contributed by atoms with Gasteiger partial charge in [-0.15, -0.1) is 0 Å². The summed E-state index contributed by atoms with van der Waals surface area (Å²) in [4.78, 5) is 22.4. The molecule has 0 aliphatic carbocycles. The van der Waals surface area contributed by atoms with Gasteiger partial charge in [0.2, 0.25) is 0 Å². The van der Waals surface area contributed by atoms with E-state index < -0.39 is 6.03 Å². The molecule has 0 radical (unpaired) electrons. The van der Waals surface area contributed by atoms with E-state index in [9.17, 15) is 9.59 Å². The summed E-state index contributed by atoms with van der Waals surface area (Å²) in [5.74, 6) is 0.000286. The second-order valence-electron chi connectivity index (χ2n) is 5.02. The van der Waals surface area contributed by atoms with Gasteiger partial charge in [-0.1, -0.05) is 44.2 Å². The van der Waals surface area contributed by atoms with Gasteiger partial charge in [-0.05, 0) is 6.92 Å². The number of hydrogen-bond acceptors (Lipinski definition) is 2. The molecule has 0 saturated heterocycles. The largest absolute Gasteiger partial charge is 0.351 e. The Bertz CT molecular complexity index is 432. The Labute approximate surface area is 113 Å². The fourth-order valence-corrected chi connectivity index (χ4v) is 2.03. The number of nitrogens with two attached hydrogens (primary N) is 2. The monoisotopic (exact) mass is 264 g/mol. The quantitative estimate of drug-likeness (QED) is 0.724. The molecular formula is C14H22N3O2+. The Hall–Kier alpha value is -1.88. The van der Waals surface area contributed by atoms with Crippen molar-refractivity contribution in [3.63, 3.8) is 0 Å². The van der Waals surface area contributed by atoms with Crippen LogP contribution in [0.2, 0.25) is 0 Å². The van der Waals surface area contributed by atoms with Crippen LogP contribution in [-0.4, -0.2) is 18.0 Å². The first-order valence-corrected chi connectivity index (χ1v) is 6.42. The molecule has 0 unspecified atom stereocenters. The molecule has 2 atom stereocenters. The van der Waals surface area contributed by atoms with Gasteiger partial charge in [0.15, 0.2) is 6.04 Å². The third kappa shape index (κ3) is 4.71. The molecule has 0 saturated carbocycles. The van der Waals surface area contributed by atoms with Gasteiger partial charge in [0.05, 0.1) is 0 Å². The third-order valence-corrected chi connectivity index (χ3v) is 3.06. The van der Waals surface area contributed by atoms with E-state index in [0.29, 0.717) is 5.92 Å². The van der Waals surface area contributed by atoms with Crippen molar-refractivity contribution in [1.82, 2.24) is 5.32 Å². The smallest absolute Gasteiger partial charge is 0.319 e. The van der Waals surface area contributed by atoms with Gasteiger partial charge in [-0.3, -0.25) is 10.1 Å². The lowest BCUT2D eigenvalue weighted by Crippen LogP contribution is -2.93. The van der Waals surface area contributed by atoms with Crippen LogP contribution in [0.15, 0.2) is 30.3 Å². The van der Waals surface area contributed by atoms with Gasteiger partial charge >= 0.3 is 6.03 Å². The van der Waals surface area contributed by atoms with Gasteiger partial charge in [0.1, 0.15) is 6.04 Å². The highest BCUT2D eigenvalue weighted by molar-refractivity contribution is 5.95.